The molecule has 0 saturated carbocycles. The summed E-state index contributed by atoms with van der Waals surface area (Å²) in [7, 11) is 2.19. The lowest BCUT2D eigenvalue weighted by Gasteiger charge is -2.30. The van der Waals surface area contributed by atoms with Crippen molar-refractivity contribution < 1.29 is 0 Å². The van der Waals surface area contributed by atoms with Gasteiger partial charge >= 0.3 is 0 Å². The highest BCUT2D eigenvalue weighted by molar-refractivity contribution is 7.80. The van der Waals surface area contributed by atoms with Gasteiger partial charge in [0.05, 0.1) is 0 Å². The summed E-state index contributed by atoms with van der Waals surface area (Å²) in [5, 5.41) is 7.36. The van der Waals surface area contributed by atoms with Crippen molar-refractivity contribution in [3.05, 3.63) is 29.3 Å². The van der Waals surface area contributed by atoms with Gasteiger partial charge in [0.2, 0.25) is 0 Å². The molecule has 4 heteroatoms. The van der Waals surface area contributed by atoms with Crippen LogP contribution in [0.15, 0.2) is 18.2 Å². The van der Waals surface area contributed by atoms with E-state index in [0.717, 1.165) is 17.3 Å². The molecule has 0 radical (unpaired) electrons. The normalized spacial score (nSPS) is 19.6. The number of piperidine rings is 1. The zero-order chi connectivity index (χ0) is 14.5. The van der Waals surface area contributed by atoms with Crippen LogP contribution in [0.4, 0.5) is 5.69 Å². The Balaban J connectivity index is 1.80. The lowest BCUT2D eigenvalue weighted by atomic mass is 9.99. The Morgan fingerprint density at radius 3 is 2.65 bits per heavy atom. The van der Waals surface area contributed by atoms with Crippen molar-refractivity contribution in [2.24, 2.45) is 5.92 Å². The van der Waals surface area contributed by atoms with E-state index < -0.39 is 0 Å². The first kappa shape index (κ1) is 15.3. The summed E-state index contributed by atoms with van der Waals surface area (Å²) in [6, 6.07) is 6.41. The van der Waals surface area contributed by atoms with Gasteiger partial charge in [-0.05, 0) is 81.7 Å². The van der Waals surface area contributed by atoms with Gasteiger partial charge in [0.15, 0.2) is 5.11 Å². The molecule has 1 aromatic carbocycles. The molecule has 0 amide bonds. The number of benzene rings is 1. The summed E-state index contributed by atoms with van der Waals surface area (Å²) in [6.45, 7) is 7.56. The molecule has 1 saturated heterocycles. The van der Waals surface area contributed by atoms with Crippen LogP contribution in [0.25, 0.3) is 0 Å². The molecule has 0 unspecified atom stereocenters. The summed E-state index contributed by atoms with van der Waals surface area (Å²) in [5.41, 5.74) is 3.58. The van der Waals surface area contributed by atoms with E-state index in [-0.39, 0.29) is 0 Å². The van der Waals surface area contributed by atoms with E-state index >= 15 is 0 Å². The zero-order valence-electron chi connectivity index (χ0n) is 12.7. The molecule has 1 heterocycles. The van der Waals surface area contributed by atoms with Crippen LogP contribution >= 0.6 is 12.2 Å². The molecule has 2 N–H and O–H groups in total. The van der Waals surface area contributed by atoms with Gasteiger partial charge in [0, 0.05) is 18.8 Å². The Bertz CT molecular complexity index is 453. The molecule has 110 valence electrons. The molecule has 20 heavy (non-hydrogen) atoms. The minimum Gasteiger partial charge on any atom is -0.362 e. The van der Waals surface area contributed by atoms with Crippen LogP contribution < -0.4 is 10.6 Å². The van der Waals surface area contributed by atoms with Gasteiger partial charge in [-0.3, -0.25) is 0 Å². The van der Waals surface area contributed by atoms with Gasteiger partial charge in [-0.15, -0.1) is 0 Å². The average molecular weight is 291 g/mol. The Morgan fingerprint density at radius 2 is 2.00 bits per heavy atom. The van der Waals surface area contributed by atoms with E-state index in [1.807, 2.05) is 0 Å². The van der Waals surface area contributed by atoms with Crippen molar-refractivity contribution in [2.45, 2.75) is 26.7 Å². The Kier molecular flexibility index (Phi) is 5.38. The fourth-order valence-corrected chi connectivity index (χ4v) is 3.10. The monoisotopic (exact) mass is 291 g/mol. The van der Waals surface area contributed by atoms with E-state index in [1.54, 1.807) is 0 Å². The molecule has 3 nitrogen and oxygen atoms in total. The van der Waals surface area contributed by atoms with Crippen molar-refractivity contribution in [3.63, 3.8) is 0 Å². The lowest BCUT2D eigenvalue weighted by molar-refractivity contribution is 0.211. The number of nitrogens with zero attached hydrogens (tertiary/aromatic N) is 1. The number of hydrogen-bond acceptors (Lipinski definition) is 2. The van der Waals surface area contributed by atoms with Crippen molar-refractivity contribution in [1.29, 1.82) is 0 Å². The molecular weight excluding hydrogens is 266 g/mol. The fraction of sp³-hybridized carbons (Fsp3) is 0.562. The van der Waals surface area contributed by atoms with E-state index in [9.17, 15) is 0 Å². The summed E-state index contributed by atoms with van der Waals surface area (Å²) >= 11 is 5.38. The number of rotatable bonds is 3. The molecular formula is C16H25N3S. The summed E-state index contributed by atoms with van der Waals surface area (Å²) in [4.78, 5) is 2.40. The molecule has 1 atom stereocenters. The second-order valence-electron chi connectivity index (χ2n) is 5.98. The maximum absolute atomic E-state index is 5.38. The summed E-state index contributed by atoms with van der Waals surface area (Å²) in [5.74, 6) is 0.702. The molecule has 1 fully saturated rings. The highest BCUT2D eigenvalue weighted by Gasteiger charge is 2.16. The fourth-order valence-electron chi connectivity index (χ4n) is 2.90. The van der Waals surface area contributed by atoms with Gasteiger partial charge in [0.1, 0.15) is 0 Å². The lowest BCUT2D eigenvalue weighted by Crippen LogP contribution is -2.40. The number of aryl methyl sites for hydroxylation is 2. The van der Waals surface area contributed by atoms with E-state index in [2.05, 4.69) is 54.6 Å². The number of thiocarbonyl (C=S) groups is 1. The van der Waals surface area contributed by atoms with Crippen molar-refractivity contribution in [2.75, 3.05) is 32.0 Å². The average Bonchev–Trinajstić information content (AvgIpc) is 2.35. The SMILES string of the molecule is Cc1cc(C)cc(NC(=S)NC[C@@H]2CCCN(C)C2)c1. The predicted octanol–water partition coefficient (Wildman–Crippen LogP) is 2.93. The minimum absolute atomic E-state index is 0.702. The van der Waals surface area contributed by atoms with Crippen LogP contribution in [0.5, 0.6) is 0 Å². The van der Waals surface area contributed by atoms with Gasteiger partial charge in [0.25, 0.3) is 0 Å². The van der Waals surface area contributed by atoms with Gasteiger partial charge in [-0.1, -0.05) is 6.07 Å². The Labute approximate surface area is 127 Å². The minimum atomic E-state index is 0.702. The highest BCUT2D eigenvalue weighted by atomic mass is 32.1. The number of anilines is 1. The van der Waals surface area contributed by atoms with E-state index in [0.29, 0.717) is 5.92 Å². The first-order valence-electron chi connectivity index (χ1n) is 7.34. The molecule has 0 aliphatic carbocycles. The topological polar surface area (TPSA) is 27.3 Å². The van der Waals surface area contributed by atoms with Crippen LogP contribution in [-0.2, 0) is 0 Å². The van der Waals surface area contributed by atoms with Gasteiger partial charge < -0.3 is 15.5 Å². The third kappa shape index (κ3) is 4.76. The molecule has 1 aliphatic heterocycles. The molecule has 0 aromatic heterocycles. The van der Waals surface area contributed by atoms with E-state index in [4.69, 9.17) is 12.2 Å². The Morgan fingerprint density at radius 1 is 1.30 bits per heavy atom. The van der Waals surface area contributed by atoms with Crippen LogP contribution in [0.1, 0.15) is 24.0 Å². The maximum atomic E-state index is 5.38. The molecule has 0 spiro atoms. The number of nitrogens with one attached hydrogen (secondary N) is 2. The largest absolute Gasteiger partial charge is 0.362 e. The van der Waals surface area contributed by atoms with Crippen LogP contribution in [0.3, 0.4) is 0 Å². The van der Waals surface area contributed by atoms with Crippen LogP contribution in [0, 0.1) is 19.8 Å². The predicted molar refractivity (Wildman–Crippen MR) is 90.4 cm³/mol. The molecule has 2 rings (SSSR count). The Hall–Kier alpha value is -1.13. The first-order chi connectivity index (χ1) is 9.52. The molecule has 1 aromatic rings. The van der Waals surface area contributed by atoms with Crippen molar-refractivity contribution in [1.82, 2.24) is 10.2 Å². The smallest absolute Gasteiger partial charge is 0.170 e. The van der Waals surface area contributed by atoms with Crippen LogP contribution in [-0.4, -0.2) is 36.7 Å². The standard InChI is InChI=1S/C16H25N3S/c1-12-7-13(2)9-15(8-12)18-16(20)17-10-14-5-4-6-19(3)11-14/h7-9,14H,4-6,10-11H2,1-3H3,(H2,17,18,20)/t14-/m0/s1. The van der Waals surface area contributed by atoms with Crippen LogP contribution in [0.2, 0.25) is 0 Å². The highest BCUT2D eigenvalue weighted by Crippen LogP contribution is 2.15. The van der Waals surface area contributed by atoms with Gasteiger partial charge in [-0.25, -0.2) is 0 Å². The number of hydrogen-bond donors (Lipinski definition) is 2. The summed E-state index contributed by atoms with van der Waals surface area (Å²) < 4.78 is 0. The second-order valence-corrected chi connectivity index (χ2v) is 6.39. The maximum Gasteiger partial charge on any atom is 0.170 e. The third-order valence-electron chi connectivity index (χ3n) is 3.75. The van der Waals surface area contributed by atoms with Crippen molar-refractivity contribution >= 4 is 23.0 Å². The molecule has 1 aliphatic rings. The summed E-state index contributed by atoms with van der Waals surface area (Å²) in [6.07, 6.45) is 2.59. The number of likely N-dealkylation sites (tertiary alicyclic amines) is 1. The van der Waals surface area contributed by atoms with Gasteiger partial charge in [-0.2, -0.15) is 0 Å². The second kappa shape index (κ2) is 7.04. The first-order valence-corrected chi connectivity index (χ1v) is 7.75. The van der Waals surface area contributed by atoms with E-state index in [1.165, 1.54) is 37.1 Å². The molecule has 0 bridgehead atoms. The quantitative estimate of drug-likeness (QED) is 0.837. The third-order valence-corrected chi connectivity index (χ3v) is 4.00. The van der Waals surface area contributed by atoms with Crippen molar-refractivity contribution in [3.8, 4) is 0 Å². The zero-order valence-corrected chi connectivity index (χ0v) is 13.5.